The summed E-state index contributed by atoms with van der Waals surface area (Å²) >= 11 is 4.86. The summed E-state index contributed by atoms with van der Waals surface area (Å²) in [6.07, 6.45) is 3.40. The number of nitrogens with zero attached hydrogens (tertiary/aromatic N) is 1. The van der Waals surface area contributed by atoms with Crippen LogP contribution in [0.4, 0.5) is 0 Å². The summed E-state index contributed by atoms with van der Waals surface area (Å²) in [5.74, 6) is 0.884. The van der Waals surface area contributed by atoms with Crippen molar-refractivity contribution in [3.8, 4) is 0 Å². The van der Waals surface area contributed by atoms with E-state index >= 15 is 0 Å². The van der Waals surface area contributed by atoms with Gasteiger partial charge in [0.05, 0.1) is 4.99 Å². The first-order valence-corrected chi connectivity index (χ1v) is 6.77. The number of likely N-dealkylation sites (tertiary alicyclic amines) is 1. The summed E-state index contributed by atoms with van der Waals surface area (Å²) in [5.41, 5.74) is 5.78. The summed E-state index contributed by atoms with van der Waals surface area (Å²) in [6, 6.07) is 0. The molecule has 0 aromatic heterocycles. The first kappa shape index (κ1) is 14.4. The summed E-state index contributed by atoms with van der Waals surface area (Å²) in [4.78, 5) is 14.4. The molecule has 0 aliphatic carbocycles. The SMILES string of the molecule is CC(C)(C)C1CCC(=O)N(CCC(N)=S)CC1. The maximum Gasteiger partial charge on any atom is 0.222 e. The van der Waals surface area contributed by atoms with Crippen LogP contribution in [0.3, 0.4) is 0 Å². The second-order valence-corrected chi connectivity index (χ2v) is 6.51. The van der Waals surface area contributed by atoms with Crippen LogP contribution in [0.15, 0.2) is 0 Å². The maximum absolute atomic E-state index is 11.9. The number of amides is 1. The van der Waals surface area contributed by atoms with E-state index in [1.165, 1.54) is 0 Å². The Hall–Kier alpha value is -0.640. The first-order valence-electron chi connectivity index (χ1n) is 6.37. The molecule has 1 saturated heterocycles. The number of thiocarbonyl (C=S) groups is 1. The van der Waals surface area contributed by atoms with E-state index in [0.717, 1.165) is 19.4 Å². The molecule has 1 heterocycles. The van der Waals surface area contributed by atoms with Crippen molar-refractivity contribution in [3.63, 3.8) is 0 Å². The largest absolute Gasteiger partial charge is 0.393 e. The van der Waals surface area contributed by atoms with E-state index in [1.807, 2.05) is 4.90 Å². The van der Waals surface area contributed by atoms with Crippen molar-refractivity contribution in [3.05, 3.63) is 0 Å². The zero-order valence-corrected chi connectivity index (χ0v) is 12.0. The molecule has 0 aromatic carbocycles. The van der Waals surface area contributed by atoms with Gasteiger partial charge in [-0.15, -0.1) is 0 Å². The molecular weight excluding hydrogens is 232 g/mol. The number of carbonyl (C=O) groups is 1. The van der Waals surface area contributed by atoms with Gasteiger partial charge in [-0.2, -0.15) is 0 Å². The number of nitrogens with two attached hydrogens (primary N) is 1. The highest BCUT2D eigenvalue weighted by molar-refractivity contribution is 7.80. The molecule has 0 saturated carbocycles. The molecule has 0 bridgehead atoms. The fourth-order valence-corrected chi connectivity index (χ4v) is 2.48. The van der Waals surface area contributed by atoms with E-state index in [9.17, 15) is 4.79 Å². The predicted molar refractivity (Wildman–Crippen MR) is 74.8 cm³/mol. The van der Waals surface area contributed by atoms with Crippen molar-refractivity contribution >= 4 is 23.1 Å². The molecule has 3 nitrogen and oxygen atoms in total. The van der Waals surface area contributed by atoms with Gasteiger partial charge in [0, 0.05) is 25.9 Å². The molecule has 0 spiro atoms. The lowest BCUT2D eigenvalue weighted by atomic mass is 9.77. The first-order chi connectivity index (χ1) is 7.80. The molecule has 2 N–H and O–H groups in total. The van der Waals surface area contributed by atoms with Crippen molar-refractivity contribution < 1.29 is 4.79 Å². The lowest BCUT2D eigenvalue weighted by Gasteiger charge is -2.29. The Labute approximate surface area is 110 Å². The minimum Gasteiger partial charge on any atom is -0.393 e. The lowest BCUT2D eigenvalue weighted by molar-refractivity contribution is -0.130. The third kappa shape index (κ3) is 4.62. The van der Waals surface area contributed by atoms with E-state index in [1.54, 1.807) is 0 Å². The summed E-state index contributed by atoms with van der Waals surface area (Å²) in [5, 5.41) is 0. The van der Waals surface area contributed by atoms with Crippen molar-refractivity contribution in [1.82, 2.24) is 4.90 Å². The lowest BCUT2D eigenvalue weighted by Crippen LogP contribution is -2.33. The van der Waals surface area contributed by atoms with Crippen LogP contribution in [0.2, 0.25) is 0 Å². The highest BCUT2D eigenvalue weighted by Crippen LogP contribution is 2.34. The molecule has 0 aromatic rings. The van der Waals surface area contributed by atoms with Gasteiger partial charge in [0.15, 0.2) is 0 Å². The van der Waals surface area contributed by atoms with Crippen molar-refractivity contribution in [2.75, 3.05) is 13.1 Å². The molecule has 17 heavy (non-hydrogen) atoms. The van der Waals surface area contributed by atoms with E-state index in [0.29, 0.717) is 35.7 Å². The van der Waals surface area contributed by atoms with Gasteiger partial charge in [0.1, 0.15) is 0 Å². The minimum absolute atomic E-state index is 0.257. The Morgan fingerprint density at radius 2 is 2.12 bits per heavy atom. The Balaban J connectivity index is 2.55. The molecule has 1 unspecified atom stereocenters. The van der Waals surface area contributed by atoms with Crippen LogP contribution in [0.1, 0.15) is 46.5 Å². The van der Waals surface area contributed by atoms with Crippen molar-refractivity contribution in [2.45, 2.75) is 46.5 Å². The highest BCUT2D eigenvalue weighted by atomic mass is 32.1. The van der Waals surface area contributed by atoms with Gasteiger partial charge in [-0.05, 0) is 24.2 Å². The predicted octanol–water partition coefficient (Wildman–Crippen LogP) is 2.34. The zero-order chi connectivity index (χ0) is 13.1. The molecule has 1 amide bonds. The monoisotopic (exact) mass is 256 g/mol. The summed E-state index contributed by atoms with van der Waals surface area (Å²) in [6.45, 7) is 8.31. The van der Waals surface area contributed by atoms with Gasteiger partial charge in [0.25, 0.3) is 0 Å². The van der Waals surface area contributed by atoms with Crippen LogP contribution >= 0.6 is 12.2 Å². The van der Waals surface area contributed by atoms with E-state index in [4.69, 9.17) is 18.0 Å². The molecule has 0 radical (unpaired) electrons. The third-order valence-corrected chi connectivity index (χ3v) is 3.86. The fourth-order valence-electron chi connectivity index (χ4n) is 2.38. The topological polar surface area (TPSA) is 46.3 Å². The number of hydrogen-bond acceptors (Lipinski definition) is 2. The van der Waals surface area contributed by atoms with Crippen LogP contribution in [-0.2, 0) is 4.79 Å². The van der Waals surface area contributed by atoms with Gasteiger partial charge < -0.3 is 10.6 Å². The molecule has 98 valence electrons. The molecular formula is C13H24N2OS. The van der Waals surface area contributed by atoms with Crippen LogP contribution in [0.5, 0.6) is 0 Å². The maximum atomic E-state index is 11.9. The van der Waals surface area contributed by atoms with Gasteiger partial charge in [-0.1, -0.05) is 33.0 Å². The van der Waals surface area contributed by atoms with E-state index in [-0.39, 0.29) is 5.91 Å². The van der Waals surface area contributed by atoms with Crippen LogP contribution in [0.25, 0.3) is 0 Å². The molecule has 1 atom stereocenters. The number of hydrogen-bond donors (Lipinski definition) is 1. The van der Waals surface area contributed by atoms with Gasteiger partial charge in [-0.3, -0.25) is 4.79 Å². The van der Waals surface area contributed by atoms with E-state index in [2.05, 4.69) is 20.8 Å². The summed E-state index contributed by atoms with van der Waals surface area (Å²) < 4.78 is 0. The minimum atomic E-state index is 0.257. The number of rotatable bonds is 3. The second-order valence-electron chi connectivity index (χ2n) is 5.99. The Kier molecular flexibility index (Phi) is 4.92. The van der Waals surface area contributed by atoms with Crippen molar-refractivity contribution in [2.24, 2.45) is 17.1 Å². The average molecular weight is 256 g/mol. The highest BCUT2D eigenvalue weighted by Gasteiger charge is 2.29. The fraction of sp³-hybridized carbons (Fsp3) is 0.846. The van der Waals surface area contributed by atoms with E-state index < -0.39 is 0 Å². The molecule has 1 rings (SSSR count). The average Bonchev–Trinajstić information content (AvgIpc) is 2.36. The number of carbonyl (C=O) groups excluding carboxylic acids is 1. The standard InChI is InChI=1S/C13H24N2OS/c1-13(2,3)10-4-5-12(16)15(8-6-10)9-7-11(14)17/h10H,4-9H2,1-3H3,(H2,14,17). The van der Waals surface area contributed by atoms with Gasteiger partial charge in [0.2, 0.25) is 5.91 Å². The Bertz CT molecular complexity index is 296. The normalized spacial score (nSPS) is 22.4. The smallest absolute Gasteiger partial charge is 0.222 e. The summed E-state index contributed by atoms with van der Waals surface area (Å²) in [7, 11) is 0. The molecule has 1 aliphatic rings. The van der Waals surface area contributed by atoms with Gasteiger partial charge in [-0.25, -0.2) is 0 Å². The molecule has 1 aliphatic heterocycles. The quantitative estimate of drug-likeness (QED) is 0.788. The van der Waals surface area contributed by atoms with Gasteiger partial charge >= 0.3 is 0 Å². The van der Waals surface area contributed by atoms with Crippen LogP contribution < -0.4 is 5.73 Å². The third-order valence-electron chi connectivity index (χ3n) is 3.66. The zero-order valence-electron chi connectivity index (χ0n) is 11.2. The second kappa shape index (κ2) is 5.80. The Morgan fingerprint density at radius 1 is 1.47 bits per heavy atom. The van der Waals surface area contributed by atoms with Crippen molar-refractivity contribution in [1.29, 1.82) is 0 Å². The molecule has 4 heteroatoms. The Morgan fingerprint density at radius 3 is 2.65 bits per heavy atom. The van der Waals surface area contributed by atoms with Crippen LogP contribution in [0, 0.1) is 11.3 Å². The molecule has 1 fully saturated rings. The van der Waals surface area contributed by atoms with Crippen LogP contribution in [-0.4, -0.2) is 28.9 Å².